The van der Waals surface area contributed by atoms with Crippen LogP contribution in [0.15, 0.2) is 18.3 Å². The number of hydrogen-bond donors (Lipinski definition) is 2. The minimum atomic E-state index is 0.228. The van der Waals surface area contributed by atoms with E-state index < -0.39 is 0 Å². The topological polar surface area (TPSA) is 90.9 Å². The molecule has 128 valence electrons. The highest BCUT2D eigenvalue weighted by molar-refractivity contribution is 6.47. The van der Waals surface area contributed by atoms with Gasteiger partial charge in [0.25, 0.3) is 0 Å². The Balaban J connectivity index is 1.76. The van der Waals surface area contributed by atoms with Crippen LogP contribution < -0.4 is 16.0 Å². The maximum absolute atomic E-state index is 9.23. The predicted molar refractivity (Wildman–Crippen MR) is 101 cm³/mol. The van der Waals surface area contributed by atoms with Crippen molar-refractivity contribution < 1.29 is 0 Å². The Bertz CT molecular complexity index is 861. The summed E-state index contributed by atoms with van der Waals surface area (Å²) in [5.74, 6) is 1.76. The van der Waals surface area contributed by atoms with E-state index in [2.05, 4.69) is 41.2 Å². The zero-order valence-electron chi connectivity index (χ0n) is 14.6. The number of nitrogens with zero attached hydrogens (tertiary/aromatic N) is 4. The van der Waals surface area contributed by atoms with Gasteiger partial charge in [-0.15, -0.1) is 0 Å². The molecule has 1 aliphatic heterocycles. The highest BCUT2D eigenvalue weighted by atomic mass is 28.2. The monoisotopic (exact) mass is 350 g/mol. The molecule has 6 nitrogen and oxygen atoms in total. The SMILES string of the molecule is CC(C)Nc1nc(C#N)cc2cnc(N3C[Si][C@@]34CC[C@H](N)C4)cc12. The molecule has 1 saturated carbocycles. The lowest BCUT2D eigenvalue weighted by Crippen LogP contribution is -2.66. The Morgan fingerprint density at radius 2 is 2.32 bits per heavy atom. The molecule has 2 aromatic heterocycles. The molecular formula is C18H22N6Si. The van der Waals surface area contributed by atoms with Gasteiger partial charge in [-0.3, -0.25) is 0 Å². The van der Waals surface area contributed by atoms with Crippen molar-refractivity contribution >= 4 is 31.9 Å². The molecule has 0 amide bonds. The van der Waals surface area contributed by atoms with Crippen LogP contribution in [0.5, 0.6) is 0 Å². The lowest BCUT2D eigenvalue weighted by molar-refractivity contribution is 0.501. The molecule has 1 spiro atoms. The molecule has 1 saturated heterocycles. The number of aromatic nitrogens is 2. The van der Waals surface area contributed by atoms with E-state index in [4.69, 9.17) is 10.7 Å². The smallest absolute Gasteiger partial charge is 0.143 e. The molecule has 2 aliphatic rings. The fraction of sp³-hybridized carbons (Fsp3) is 0.500. The summed E-state index contributed by atoms with van der Waals surface area (Å²) in [6.07, 6.45) is 6.25. The van der Waals surface area contributed by atoms with Crippen molar-refractivity contribution in [3.8, 4) is 6.07 Å². The zero-order chi connectivity index (χ0) is 17.6. The van der Waals surface area contributed by atoms with E-state index >= 15 is 0 Å². The first-order valence-electron chi connectivity index (χ1n) is 8.76. The van der Waals surface area contributed by atoms with Crippen molar-refractivity contribution in [1.29, 1.82) is 5.26 Å². The summed E-state index contributed by atoms with van der Waals surface area (Å²) in [6, 6.07) is 6.61. The van der Waals surface area contributed by atoms with Gasteiger partial charge >= 0.3 is 0 Å². The van der Waals surface area contributed by atoms with Gasteiger partial charge in [0.05, 0.1) is 9.52 Å². The Hall–Kier alpha value is -2.17. The number of nitrogens with two attached hydrogens (primary N) is 1. The molecule has 3 N–H and O–H groups in total. The molecule has 0 aromatic carbocycles. The number of nitrogens with one attached hydrogen (secondary N) is 1. The molecule has 0 unspecified atom stereocenters. The summed E-state index contributed by atoms with van der Waals surface area (Å²) in [6.45, 7) is 4.14. The summed E-state index contributed by atoms with van der Waals surface area (Å²) in [5.41, 5.74) is 6.58. The molecule has 2 aromatic rings. The van der Waals surface area contributed by atoms with Gasteiger partial charge < -0.3 is 16.0 Å². The Kier molecular flexibility index (Phi) is 3.89. The summed E-state index contributed by atoms with van der Waals surface area (Å²) in [7, 11) is 0.937. The van der Waals surface area contributed by atoms with Crippen LogP contribution in [0.25, 0.3) is 10.8 Å². The number of hydrogen-bond acceptors (Lipinski definition) is 6. The number of anilines is 2. The fourth-order valence-electron chi connectivity index (χ4n) is 3.87. The van der Waals surface area contributed by atoms with Gasteiger partial charge in [-0.25, -0.2) is 9.97 Å². The third-order valence-corrected chi connectivity index (χ3v) is 6.98. The molecule has 1 aliphatic carbocycles. The minimum Gasteiger partial charge on any atom is -0.367 e. The number of rotatable bonds is 3. The molecule has 7 heteroatoms. The highest BCUT2D eigenvalue weighted by Gasteiger charge is 2.50. The maximum Gasteiger partial charge on any atom is 0.143 e. The Morgan fingerprint density at radius 3 is 2.92 bits per heavy atom. The Labute approximate surface area is 150 Å². The van der Waals surface area contributed by atoms with Gasteiger partial charge in [-0.05, 0) is 45.2 Å². The largest absolute Gasteiger partial charge is 0.367 e. The number of pyridine rings is 2. The van der Waals surface area contributed by atoms with E-state index in [1.165, 1.54) is 0 Å². The minimum absolute atomic E-state index is 0.228. The van der Waals surface area contributed by atoms with Crippen LogP contribution in [-0.2, 0) is 0 Å². The molecule has 25 heavy (non-hydrogen) atoms. The van der Waals surface area contributed by atoms with E-state index in [9.17, 15) is 5.26 Å². The third-order valence-electron chi connectivity index (χ3n) is 5.13. The summed E-state index contributed by atoms with van der Waals surface area (Å²) >= 11 is 0. The van der Waals surface area contributed by atoms with Gasteiger partial charge in [0.2, 0.25) is 0 Å². The average molecular weight is 351 g/mol. The lowest BCUT2D eigenvalue weighted by atomic mass is 10.1. The van der Waals surface area contributed by atoms with Crippen molar-refractivity contribution in [2.24, 2.45) is 5.73 Å². The van der Waals surface area contributed by atoms with Crippen LogP contribution in [0, 0.1) is 11.3 Å². The first-order valence-corrected chi connectivity index (χ1v) is 9.97. The van der Waals surface area contributed by atoms with E-state index in [0.717, 1.165) is 57.4 Å². The van der Waals surface area contributed by atoms with Gasteiger partial charge in [0, 0.05) is 40.4 Å². The summed E-state index contributed by atoms with van der Waals surface area (Å²) in [4.78, 5) is 11.6. The van der Waals surface area contributed by atoms with Gasteiger partial charge in [-0.2, -0.15) is 5.26 Å². The van der Waals surface area contributed by atoms with Crippen molar-refractivity contribution in [2.45, 2.75) is 50.4 Å². The quantitative estimate of drug-likeness (QED) is 0.823. The Morgan fingerprint density at radius 1 is 1.48 bits per heavy atom. The van der Waals surface area contributed by atoms with Crippen molar-refractivity contribution in [3.05, 3.63) is 24.0 Å². The van der Waals surface area contributed by atoms with Crippen molar-refractivity contribution in [1.82, 2.24) is 9.97 Å². The molecule has 3 heterocycles. The second kappa shape index (κ2) is 5.97. The maximum atomic E-state index is 9.23. The van der Waals surface area contributed by atoms with Crippen molar-refractivity contribution in [3.63, 3.8) is 0 Å². The van der Waals surface area contributed by atoms with Crippen LogP contribution in [0.4, 0.5) is 11.6 Å². The second-order valence-corrected chi connectivity index (χ2v) is 8.93. The molecule has 2 radical (unpaired) electrons. The van der Waals surface area contributed by atoms with E-state index in [-0.39, 0.29) is 11.2 Å². The first kappa shape index (κ1) is 16.3. The van der Waals surface area contributed by atoms with Gasteiger partial charge in [0.1, 0.15) is 23.4 Å². The van der Waals surface area contributed by atoms with Crippen LogP contribution >= 0.6 is 0 Å². The fourth-order valence-corrected chi connectivity index (χ4v) is 5.64. The highest BCUT2D eigenvalue weighted by Crippen LogP contribution is 2.42. The van der Waals surface area contributed by atoms with Crippen LogP contribution in [0.1, 0.15) is 38.8 Å². The van der Waals surface area contributed by atoms with Crippen molar-refractivity contribution in [2.75, 3.05) is 16.4 Å². The summed E-state index contributed by atoms with van der Waals surface area (Å²) in [5, 5.41) is 14.8. The van der Waals surface area contributed by atoms with Crippen LogP contribution in [-0.4, -0.2) is 42.9 Å². The summed E-state index contributed by atoms with van der Waals surface area (Å²) < 4.78 is 0. The molecule has 0 bridgehead atoms. The molecule has 4 rings (SSSR count). The lowest BCUT2D eigenvalue weighted by Gasteiger charge is -2.51. The van der Waals surface area contributed by atoms with Crippen LogP contribution in [0.3, 0.4) is 0 Å². The average Bonchev–Trinajstić information content (AvgIpc) is 2.98. The second-order valence-electron chi connectivity index (χ2n) is 7.33. The van der Waals surface area contributed by atoms with Crippen LogP contribution in [0.2, 0.25) is 0 Å². The first-order chi connectivity index (χ1) is 12.0. The van der Waals surface area contributed by atoms with E-state index in [1.54, 1.807) is 6.07 Å². The zero-order valence-corrected chi connectivity index (χ0v) is 15.6. The number of fused-ring (bicyclic) bond motifs is 1. The standard InChI is InChI=1S/C18H22N6Si/c1-11(2)22-17-15-6-16(21-9-12(15)5-14(8-19)23-17)24-10-25-18(24)4-3-13(20)7-18/h5-6,9,11,13H,3-4,7,10,20H2,1-2H3,(H,22,23)/t13-,18+/m0/s1. The van der Waals surface area contributed by atoms with E-state index in [0.29, 0.717) is 11.7 Å². The molecule has 2 atom stereocenters. The predicted octanol–water partition coefficient (Wildman–Crippen LogP) is 2.01. The van der Waals surface area contributed by atoms with Gasteiger partial charge in [0.15, 0.2) is 0 Å². The molecular weight excluding hydrogens is 328 g/mol. The van der Waals surface area contributed by atoms with E-state index in [1.807, 2.05) is 6.20 Å². The van der Waals surface area contributed by atoms with Gasteiger partial charge in [-0.1, -0.05) is 0 Å². The molecule has 2 fully saturated rings. The normalized spacial score (nSPS) is 25.4. The third kappa shape index (κ3) is 2.75. The number of nitriles is 1.